The lowest BCUT2D eigenvalue weighted by atomic mass is 10.1. The molecule has 0 bridgehead atoms. The van der Waals surface area contributed by atoms with E-state index in [2.05, 4.69) is 10.3 Å². The first-order valence-corrected chi connectivity index (χ1v) is 7.03. The predicted molar refractivity (Wildman–Crippen MR) is 85.6 cm³/mol. The Morgan fingerprint density at radius 1 is 1.24 bits per heavy atom. The van der Waals surface area contributed by atoms with Crippen molar-refractivity contribution in [2.75, 3.05) is 19.0 Å². The molecule has 1 amide bonds. The van der Waals surface area contributed by atoms with Crippen LogP contribution in [0.5, 0.6) is 0 Å². The number of hydrogen-bond acceptors (Lipinski definition) is 3. The van der Waals surface area contributed by atoms with E-state index in [1.165, 1.54) is 5.56 Å². The summed E-state index contributed by atoms with van der Waals surface area (Å²) < 4.78 is 0. The van der Waals surface area contributed by atoms with Crippen molar-refractivity contribution in [3.8, 4) is 0 Å². The summed E-state index contributed by atoms with van der Waals surface area (Å²) in [6.07, 6.45) is 4.33. The molecule has 0 aliphatic carbocycles. The smallest absolute Gasteiger partial charge is 0.251 e. The number of hydrogen-bond donors (Lipinski definition) is 1. The van der Waals surface area contributed by atoms with Crippen LogP contribution >= 0.6 is 0 Å². The van der Waals surface area contributed by atoms with Crippen molar-refractivity contribution in [2.24, 2.45) is 0 Å². The van der Waals surface area contributed by atoms with E-state index in [1.807, 2.05) is 62.3 Å². The Hall–Kier alpha value is -2.36. The van der Waals surface area contributed by atoms with Gasteiger partial charge in [-0.05, 0) is 49.2 Å². The summed E-state index contributed by atoms with van der Waals surface area (Å²) >= 11 is 0. The maximum Gasteiger partial charge on any atom is 0.251 e. The van der Waals surface area contributed by atoms with E-state index in [0.717, 1.165) is 12.1 Å². The second-order valence-electron chi connectivity index (χ2n) is 5.38. The zero-order valence-corrected chi connectivity index (χ0v) is 12.7. The minimum Gasteiger partial charge on any atom is -0.378 e. The lowest BCUT2D eigenvalue weighted by molar-refractivity contribution is 0.0940. The van der Waals surface area contributed by atoms with Crippen LogP contribution in [0, 0.1) is 0 Å². The zero-order chi connectivity index (χ0) is 15.2. The number of carbonyl (C=O) groups is 1. The zero-order valence-electron chi connectivity index (χ0n) is 12.7. The fourth-order valence-electron chi connectivity index (χ4n) is 2.16. The SMILES string of the molecule is C[C@H](Cc1ccncc1)NC(=O)c1cccc(N(C)C)c1. The Kier molecular flexibility index (Phi) is 4.93. The summed E-state index contributed by atoms with van der Waals surface area (Å²) in [7, 11) is 3.92. The molecule has 21 heavy (non-hydrogen) atoms. The molecule has 110 valence electrons. The lowest BCUT2D eigenvalue weighted by Gasteiger charge is -2.16. The molecule has 1 atom stereocenters. The van der Waals surface area contributed by atoms with E-state index in [4.69, 9.17) is 0 Å². The van der Waals surface area contributed by atoms with Crippen LogP contribution in [-0.4, -0.2) is 31.0 Å². The fraction of sp³-hybridized carbons (Fsp3) is 0.294. The van der Waals surface area contributed by atoms with E-state index < -0.39 is 0 Å². The van der Waals surface area contributed by atoms with Crippen LogP contribution in [-0.2, 0) is 6.42 Å². The first-order valence-electron chi connectivity index (χ1n) is 7.03. The van der Waals surface area contributed by atoms with Gasteiger partial charge < -0.3 is 10.2 Å². The van der Waals surface area contributed by atoms with Gasteiger partial charge in [-0.3, -0.25) is 9.78 Å². The Morgan fingerprint density at radius 3 is 2.62 bits per heavy atom. The van der Waals surface area contributed by atoms with E-state index in [1.54, 1.807) is 12.4 Å². The van der Waals surface area contributed by atoms with Gasteiger partial charge in [0.15, 0.2) is 0 Å². The van der Waals surface area contributed by atoms with Crippen molar-refractivity contribution >= 4 is 11.6 Å². The summed E-state index contributed by atoms with van der Waals surface area (Å²) in [4.78, 5) is 18.3. The van der Waals surface area contributed by atoms with Crippen LogP contribution in [0.15, 0.2) is 48.8 Å². The molecule has 0 fully saturated rings. The van der Waals surface area contributed by atoms with E-state index in [-0.39, 0.29) is 11.9 Å². The van der Waals surface area contributed by atoms with Crippen LogP contribution < -0.4 is 10.2 Å². The molecule has 1 aromatic carbocycles. The summed E-state index contributed by atoms with van der Waals surface area (Å²) in [5.74, 6) is -0.0414. The molecule has 0 saturated carbocycles. The van der Waals surface area contributed by atoms with Gasteiger partial charge in [0.2, 0.25) is 0 Å². The van der Waals surface area contributed by atoms with Gasteiger partial charge in [-0.1, -0.05) is 6.07 Å². The number of rotatable bonds is 5. The third kappa shape index (κ3) is 4.31. The topological polar surface area (TPSA) is 45.2 Å². The van der Waals surface area contributed by atoms with Gasteiger partial charge in [0.1, 0.15) is 0 Å². The van der Waals surface area contributed by atoms with Gasteiger partial charge in [0.25, 0.3) is 5.91 Å². The third-order valence-corrected chi connectivity index (χ3v) is 3.29. The van der Waals surface area contributed by atoms with Crippen LogP contribution in [0.25, 0.3) is 0 Å². The molecule has 2 rings (SSSR count). The second kappa shape index (κ2) is 6.88. The molecule has 1 N–H and O–H groups in total. The Morgan fingerprint density at radius 2 is 1.95 bits per heavy atom. The number of anilines is 1. The minimum atomic E-state index is -0.0414. The normalized spacial score (nSPS) is 11.8. The van der Waals surface area contributed by atoms with Crippen molar-refractivity contribution in [1.82, 2.24) is 10.3 Å². The minimum absolute atomic E-state index is 0.0414. The van der Waals surface area contributed by atoms with Crippen molar-refractivity contribution in [3.05, 3.63) is 59.9 Å². The summed E-state index contributed by atoms with van der Waals surface area (Å²) in [6.45, 7) is 2.01. The lowest BCUT2D eigenvalue weighted by Crippen LogP contribution is -2.34. The van der Waals surface area contributed by atoms with Crippen LogP contribution in [0.3, 0.4) is 0 Å². The third-order valence-electron chi connectivity index (χ3n) is 3.29. The average molecular weight is 283 g/mol. The van der Waals surface area contributed by atoms with Crippen LogP contribution in [0.1, 0.15) is 22.8 Å². The molecule has 0 aliphatic heterocycles. The summed E-state index contributed by atoms with van der Waals surface area (Å²) in [5, 5.41) is 3.03. The quantitative estimate of drug-likeness (QED) is 0.917. The van der Waals surface area contributed by atoms with Gasteiger partial charge >= 0.3 is 0 Å². The predicted octanol–water partition coefficient (Wildman–Crippen LogP) is 2.51. The number of nitrogens with zero attached hydrogens (tertiary/aromatic N) is 2. The number of amides is 1. The van der Waals surface area contributed by atoms with Gasteiger partial charge in [-0.15, -0.1) is 0 Å². The Labute approximate surface area is 125 Å². The molecule has 4 heteroatoms. The molecular weight excluding hydrogens is 262 g/mol. The standard InChI is InChI=1S/C17H21N3O/c1-13(11-14-7-9-18-10-8-14)19-17(21)15-5-4-6-16(12-15)20(2)3/h4-10,12-13H,11H2,1-3H3,(H,19,21)/t13-/m1/s1. The van der Waals surface area contributed by atoms with E-state index in [0.29, 0.717) is 5.56 Å². The maximum atomic E-state index is 12.3. The highest BCUT2D eigenvalue weighted by molar-refractivity contribution is 5.95. The molecule has 1 heterocycles. The van der Waals surface area contributed by atoms with Gasteiger partial charge in [0.05, 0.1) is 0 Å². The molecule has 0 spiro atoms. The largest absolute Gasteiger partial charge is 0.378 e. The molecule has 0 unspecified atom stereocenters. The molecule has 2 aromatic rings. The maximum absolute atomic E-state index is 12.3. The number of nitrogens with one attached hydrogen (secondary N) is 1. The Bertz CT molecular complexity index is 596. The molecule has 0 saturated heterocycles. The fourth-order valence-corrected chi connectivity index (χ4v) is 2.16. The highest BCUT2D eigenvalue weighted by Crippen LogP contribution is 2.13. The Balaban J connectivity index is 1.99. The van der Waals surface area contributed by atoms with Crippen LogP contribution in [0.4, 0.5) is 5.69 Å². The molecule has 0 radical (unpaired) electrons. The van der Waals surface area contributed by atoms with Gasteiger partial charge in [-0.25, -0.2) is 0 Å². The van der Waals surface area contributed by atoms with E-state index >= 15 is 0 Å². The molecule has 0 aliphatic rings. The number of benzene rings is 1. The highest BCUT2D eigenvalue weighted by atomic mass is 16.1. The monoisotopic (exact) mass is 283 g/mol. The number of aromatic nitrogens is 1. The van der Waals surface area contributed by atoms with E-state index in [9.17, 15) is 4.79 Å². The second-order valence-corrected chi connectivity index (χ2v) is 5.38. The van der Waals surface area contributed by atoms with Crippen molar-refractivity contribution < 1.29 is 4.79 Å². The van der Waals surface area contributed by atoms with Crippen molar-refractivity contribution in [3.63, 3.8) is 0 Å². The highest BCUT2D eigenvalue weighted by Gasteiger charge is 2.11. The first-order chi connectivity index (χ1) is 10.1. The van der Waals surface area contributed by atoms with Crippen LogP contribution in [0.2, 0.25) is 0 Å². The van der Waals surface area contributed by atoms with Gasteiger partial charge in [-0.2, -0.15) is 0 Å². The first kappa shape index (κ1) is 15.0. The molecule has 1 aromatic heterocycles. The van der Waals surface area contributed by atoms with Crippen molar-refractivity contribution in [2.45, 2.75) is 19.4 Å². The summed E-state index contributed by atoms with van der Waals surface area (Å²) in [6, 6.07) is 11.6. The number of carbonyl (C=O) groups excluding carboxylic acids is 1. The van der Waals surface area contributed by atoms with Gasteiger partial charge in [0, 0.05) is 43.8 Å². The van der Waals surface area contributed by atoms with Crippen molar-refractivity contribution in [1.29, 1.82) is 0 Å². The number of pyridine rings is 1. The average Bonchev–Trinajstić information content (AvgIpc) is 2.48. The molecule has 4 nitrogen and oxygen atoms in total. The summed E-state index contributed by atoms with van der Waals surface area (Å²) in [5.41, 5.74) is 2.87. The molecular formula is C17H21N3O.